The number of ether oxygens (including phenoxy) is 1. The van der Waals surface area contributed by atoms with Crippen LogP contribution >= 0.6 is 0 Å². The van der Waals surface area contributed by atoms with E-state index in [2.05, 4.69) is 4.74 Å². The summed E-state index contributed by atoms with van der Waals surface area (Å²) in [5.41, 5.74) is -2.74. The molecule has 2 rings (SSSR count). The van der Waals surface area contributed by atoms with Crippen LogP contribution in [-0.2, 0) is 15.1 Å². The summed E-state index contributed by atoms with van der Waals surface area (Å²) in [6.45, 7) is 0. The summed E-state index contributed by atoms with van der Waals surface area (Å²) >= 11 is 0. The molecule has 0 saturated carbocycles. The van der Waals surface area contributed by atoms with Crippen LogP contribution in [0.25, 0.3) is 0 Å². The fraction of sp³-hybridized carbons (Fsp3) is 0.182. The second-order valence-corrected chi connectivity index (χ2v) is 3.35. The molecule has 84 valence electrons. The van der Waals surface area contributed by atoms with Gasteiger partial charge < -0.3 is 4.74 Å². The Labute approximate surface area is 89.3 Å². The molecule has 0 bridgehead atoms. The standard InChI is InChI=1S/C11H7F3O2/c12-11(13,14)10(7-6-9(15)16-10)8-4-2-1-3-5-8/h1-7H/t10-/m1/s1. The minimum atomic E-state index is -4.67. The Morgan fingerprint density at radius 2 is 1.75 bits per heavy atom. The highest BCUT2D eigenvalue weighted by atomic mass is 19.4. The molecule has 1 aromatic carbocycles. The average molecular weight is 228 g/mol. The van der Waals surface area contributed by atoms with Crippen LogP contribution < -0.4 is 0 Å². The first-order valence-corrected chi connectivity index (χ1v) is 4.50. The van der Waals surface area contributed by atoms with Gasteiger partial charge in [0.05, 0.1) is 0 Å². The molecule has 16 heavy (non-hydrogen) atoms. The third kappa shape index (κ3) is 1.48. The van der Waals surface area contributed by atoms with Crippen molar-refractivity contribution >= 4 is 5.97 Å². The molecule has 1 aliphatic rings. The Morgan fingerprint density at radius 3 is 2.19 bits per heavy atom. The van der Waals surface area contributed by atoms with Crippen LogP contribution in [0, 0.1) is 0 Å². The molecule has 0 spiro atoms. The normalized spacial score (nSPS) is 24.6. The summed E-state index contributed by atoms with van der Waals surface area (Å²) in [6.07, 6.45) is -3.14. The number of benzene rings is 1. The van der Waals surface area contributed by atoms with Crippen molar-refractivity contribution in [2.24, 2.45) is 0 Å². The molecule has 0 fully saturated rings. The van der Waals surface area contributed by atoms with E-state index in [0.29, 0.717) is 0 Å². The summed E-state index contributed by atoms with van der Waals surface area (Å²) in [7, 11) is 0. The highest BCUT2D eigenvalue weighted by molar-refractivity contribution is 5.85. The zero-order valence-corrected chi connectivity index (χ0v) is 7.99. The topological polar surface area (TPSA) is 26.3 Å². The third-order valence-corrected chi connectivity index (χ3v) is 2.34. The number of carbonyl (C=O) groups excluding carboxylic acids is 1. The smallest absolute Gasteiger partial charge is 0.436 e. The SMILES string of the molecule is O=C1C=C[C@@](c2ccccc2)(C(F)(F)F)O1. The lowest BCUT2D eigenvalue weighted by Crippen LogP contribution is -2.41. The summed E-state index contributed by atoms with van der Waals surface area (Å²) in [4.78, 5) is 10.9. The summed E-state index contributed by atoms with van der Waals surface area (Å²) in [5, 5.41) is 0. The van der Waals surface area contributed by atoms with Crippen molar-refractivity contribution in [1.29, 1.82) is 0 Å². The van der Waals surface area contributed by atoms with Crippen LogP contribution in [0.2, 0.25) is 0 Å². The molecule has 1 heterocycles. The highest BCUT2D eigenvalue weighted by Crippen LogP contribution is 2.45. The number of hydrogen-bond acceptors (Lipinski definition) is 2. The van der Waals surface area contributed by atoms with Crippen molar-refractivity contribution in [3.05, 3.63) is 48.0 Å². The van der Waals surface area contributed by atoms with Crippen LogP contribution in [0.5, 0.6) is 0 Å². The van der Waals surface area contributed by atoms with Gasteiger partial charge in [0.25, 0.3) is 5.60 Å². The maximum absolute atomic E-state index is 12.9. The van der Waals surface area contributed by atoms with Crippen LogP contribution in [0.1, 0.15) is 5.56 Å². The maximum atomic E-state index is 12.9. The lowest BCUT2D eigenvalue weighted by atomic mass is 9.93. The van der Waals surface area contributed by atoms with Gasteiger partial charge in [0.15, 0.2) is 0 Å². The van der Waals surface area contributed by atoms with E-state index in [-0.39, 0.29) is 5.56 Å². The van der Waals surface area contributed by atoms with E-state index in [1.807, 2.05) is 0 Å². The average Bonchev–Trinajstić information content (AvgIpc) is 2.62. The Balaban J connectivity index is 2.54. The summed E-state index contributed by atoms with van der Waals surface area (Å²) < 4.78 is 43.3. The van der Waals surface area contributed by atoms with Crippen molar-refractivity contribution in [2.75, 3.05) is 0 Å². The van der Waals surface area contributed by atoms with Gasteiger partial charge in [0.1, 0.15) is 0 Å². The largest absolute Gasteiger partial charge is 0.437 e. The minimum Gasteiger partial charge on any atom is -0.437 e. The van der Waals surface area contributed by atoms with E-state index in [0.717, 1.165) is 12.2 Å². The quantitative estimate of drug-likeness (QED) is 0.690. The van der Waals surface area contributed by atoms with Gasteiger partial charge in [-0.25, -0.2) is 4.79 Å². The molecule has 1 aromatic rings. The predicted octanol–water partition coefficient (Wildman–Crippen LogP) is 2.56. The summed E-state index contributed by atoms with van der Waals surface area (Å²) in [5.74, 6) is -0.985. The van der Waals surface area contributed by atoms with Crippen LogP contribution in [0.15, 0.2) is 42.5 Å². The third-order valence-electron chi connectivity index (χ3n) is 2.34. The van der Waals surface area contributed by atoms with Crippen molar-refractivity contribution in [2.45, 2.75) is 11.8 Å². The van der Waals surface area contributed by atoms with Gasteiger partial charge >= 0.3 is 12.1 Å². The molecular weight excluding hydrogens is 221 g/mol. The number of alkyl halides is 3. The number of hydrogen-bond donors (Lipinski definition) is 0. The zero-order chi connectivity index (χ0) is 11.8. The maximum Gasteiger partial charge on any atom is 0.436 e. The molecular formula is C11H7F3O2. The Bertz CT molecular complexity index is 436. The van der Waals surface area contributed by atoms with Crippen molar-refractivity contribution in [3.63, 3.8) is 0 Å². The van der Waals surface area contributed by atoms with Crippen LogP contribution in [0.4, 0.5) is 13.2 Å². The molecule has 1 aliphatic heterocycles. The fourth-order valence-corrected chi connectivity index (χ4v) is 1.57. The van der Waals surface area contributed by atoms with Gasteiger partial charge in [-0.1, -0.05) is 30.3 Å². The van der Waals surface area contributed by atoms with Crippen LogP contribution in [-0.4, -0.2) is 12.1 Å². The van der Waals surface area contributed by atoms with Crippen molar-refractivity contribution in [3.8, 4) is 0 Å². The van der Waals surface area contributed by atoms with E-state index >= 15 is 0 Å². The first kappa shape index (κ1) is 10.7. The van der Waals surface area contributed by atoms with E-state index in [1.54, 1.807) is 6.07 Å². The van der Waals surface area contributed by atoms with Crippen molar-refractivity contribution in [1.82, 2.24) is 0 Å². The van der Waals surface area contributed by atoms with Gasteiger partial charge in [0, 0.05) is 11.6 Å². The monoisotopic (exact) mass is 228 g/mol. The zero-order valence-electron chi connectivity index (χ0n) is 7.99. The van der Waals surface area contributed by atoms with E-state index in [4.69, 9.17) is 0 Å². The molecule has 0 amide bonds. The van der Waals surface area contributed by atoms with Gasteiger partial charge in [0.2, 0.25) is 0 Å². The van der Waals surface area contributed by atoms with E-state index in [1.165, 1.54) is 24.3 Å². The first-order valence-electron chi connectivity index (χ1n) is 4.50. The number of halogens is 3. The van der Waals surface area contributed by atoms with Crippen LogP contribution in [0.3, 0.4) is 0 Å². The molecule has 0 unspecified atom stereocenters. The molecule has 2 nitrogen and oxygen atoms in total. The number of esters is 1. The summed E-state index contributed by atoms with van der Waals surface area (Å²) in [6, 6.07) is 7.06. The molecule has 5 heteroatoms. The molecule has 1 atom stereocenters. The van der Waals surface area contributed by atoms with Crippen molar-refractivity contribution < 1.29 is 22.7 Å². The minimum absolute atomic E-state index is 0.107. The Hall–Kier alpha value is -1.78. The lowest BCUT2D eigenvalue weighted by molar-refractivity contribution is -0.250. The second-order valence-electron chi connectivity index (χ2n) is 3.35. The van der Waals surface area contributed by atoms with Gasteiger partial charge in [-0.15, -0.1) is 0 Å². The molecule has 0 aliphatic carbocycles. The highest BCUT2D eigenvalue weighted by Gasteiger charge is 2.59. The molecule has 0 aromatic heterocycles. The number of carbonyl (C=O) groups is 1. The molecule has 0 radical (unpaired) electrons. The van der Waals surface area contributed by atoms with Gasteiger partial charge in [-0.2, -0.15) is 13.2 Å². The van der Waals surface area contributed by atoms with Gasteiger partial charge in [-0.3, -0.25) is 0 Å². The lowest BCUT2D eigenvalue weighted by Gasteiger charge is -2.29. The Morgan fingerprint density at radius 1 is 1.12 bits per heavy atom. The Kier molecular flexibility index (Phi) is 2.26. The first-order chi connectivity index (χ1) is 7.46. The predicted molar refractivity (Wildman–Crippen MR) is 49.4 cm³/mol. The molecule has 0 saturated heterocycles. The fourth-order valence-electron chi connectivity index (χ4n) is 1.57. The number of cyclic esters (lactones) is 1. The van der Waals surface area contributed by atoms with E-state index in [9.17, 15) is 18.0 Å². The second kappa shape index (κ2) is 3.37. The number of rotatable bonds is 1. The molecule has 0 N–H and O–H groups in total. The van der Waals surface area contributed by atoms with E-state index < -0.39 is 17.7 Å². The van der Waals surface area contributed by atoms with Gasteiger partial charge in [-0.05, 0) is 6.08 Å².